The molecule has 25 heavy (non-hydrogen) atoms. The van der Waals surface area contributed by atoms with E-state index in [1.54, 1.807) is 11.6 Å². The average molecular weight is 366 g/mol. The fraction of sp³-hybridized carbons (Fsp3) is 0.625. The van der Waals surface area contributed by atoms with Gasteiger partial charge in [-0.2, -0.15) is 9.48 Å². The molecule has 1 unspecified atom stereocenters. The zero-order valence-electron chi connectivity index (χ0n) is 15.2. The molecule has 2 aliphatic heterocycles. The van der Waals surface area contributed by atoms with Crippen molar-refractivity contribution in [2.24, 2.45) is 21.8 Å². The van der Waals surface area contributed by atoms with Crippen LogP contribution in [-0.2, 0) is 9.59 Å². The first-order valence-corrected chi connectivity index (χ1v) is 9.26. The van der Waals surface area contributed by atoms with Crippen molar-refractivity contribution >= 4 is 46.3 Å². The Hall–Kier alpha value is -2.03. The smallest absolute Gasteiger partial charge is 0.358 e. The first-order valence-electron chi connectivity index (χ1n) is 8.28. The second-order valence-electron chi connectivity index (χ2n) is 6.16. The second-order valence-corrected chi connectivity index (χ2v) is 7.15. The molecule has 1 N–H and O–H groups in total. The number of nitrogens with zero attached hydrogens (tertiary/aromatic N) is 4. The summed E-state index contributed by atoms with van der Waals surface area (Å²) < 4.78 is 1.55. The quantitative estimate of drug-likeness (QED) is 0.733. The van der Waals surface area contributed by atoms with Gasteiger partial charge >= 0.3 is 11.9 Å². The van der Waals surface area contributed by atoms with Gasteiger partial charge in [-0.05, 0) is 6.42 Å². The van der Waals surface area contributed by atoms with Gasteiger partial charge in [0.15, 0.2) is 5.92 Å². The Bertz CT molecular complexity index is 696. The molecule has 0 spiro atoms. The lowest BCUT2D eigenvalue weighted by Crippen LogP contribution is -2.56. The van der Waals surface area contributed by atoms with Gasteiger partial charge < -0.3 is 5.32 Å². The summed E-state index contributed by atoms with van der Waals surface area (Å²) in [5.74, 6) is -0.0553. The van der Waals surface area contributed by atoms with Crippen LogP contribution in [0.2, 0.25) is 0 Å². The maximum atomic E-state index is 12.7. The number of carbonyl (C=O) groups excluding carboxylic acids is 3. The Labute approximate surface area is 151 Å². The monoisotopic (exact) mass is 366 g/mol. The van der Waals surface area contributed by atoms with Crippen LogP contribution in [0.15, 0.2) is 9.98 Å². The second kappa shape index (κ2) is 7.90. The van der Waals surface area contributed by atoms with Crippen LogP contribution in [0.1, 0.15) is 27.2 Å². The summed E-state index contributed by atoms with van der Waals surface area (Å²) in [6.07, 6.45) is 0.744. The van der Waals surface area contributed by atoms with Crippen LogP contribution in [-0.4, -0.2) is 70.4 Å². The van der Waals surface area contributed by atoms with Crippen molar-refractivity contribution in [3.05, 3.63) is 0 Å². The lowest BCUT2D eigenvalue weighted by atomic mass is 10.0. The summed E-state index contributed by atoms with van der Waals surface area (Å²) in [6.45, 7) is 6.34. The zero-order valence-corrected chi connectivity index (χ0v) is 16.0. The molecule has 0 aliphatic carbocycles. The van der Waals surface area contributed by atoms with E-state index in [1.165, 1.54) is 18.8 Å². The lowest BCUT2D eigenvalue weighted by molar-refractivity contribution is -0.440. The van der Waals surface area contributed by atoms with Crippen molar-refractivity contribution in [2.75, 3.05) is 26.4 Å². The number of urea groups is 1. The van der Waals surface area contributed by atoms with Gasteiger partial charge in [-0.3, -0.25) is 9.59 Å². The van der Waals surface area contributed by atoms with Crippen molar-refractivity contribution in [3.63, 3.8) is 0 Å². The molecule has 2 heterocycles. The molecule has 2 aliphatic rings. The van der Waals surface area contributed by atoms with Crippen LogP contribution in [0.5, 0.6) is 0 Å². The number of hydrogen-bond donors (Lipinski definition) is 1. The SMILES string of the molecule is CCC[N+]1=C2N=C(C(C)C)N=C(SCC(=O)NC)C2C(=O)N(C)C1=O. The summed E-state index contributed by atoms with van der Waals surface area (Å²) in [7, 11) is 3.03. The van der Waals surface area contributed by atoms with Gasteiger partial charge in [0.25, 0.3) is 5.84 Å². The summed E-state index contributed by atoms with van der Waals surface area (Å²) in [4.78, 5) is 47.0. The third kappa shape index (κ3) is 3.81. The minimum atomic E-state index is -0.730. The molecule has 136 valence electrons. The minimum Gasteiger partial charge on any atom is -0.358 e. The first kappa shape index (κ1) is 19.3. The molecular weight excluding hydrogens is 342 g/mol. The highest BCUT2D eigenvalue weighted by Gasteiger charge is 2.50. The minimum absolute atomic E-state index is 0.0392. The van der Waals surface area contributed by atoms with Crippen LogP contribution in [0.4, 0.5) is 4.79 Å². The number of fused-ring (bicyclic) bond motifs is 1. The molecule has 1 atom stereocenters. The predicted octanol–water partition coefficient (Wildman–Crippen LogP) is 0.961. The Morgan fingerprint density at radius 1 is 1.36 bits per heavy atom. The Balaban J connectivity index is 2.53. The van der Waals surface area contributed by atoms with Crippen LogP contribution in [0, 0.1) is 11.8 Å². The molecular formula is C16H24N5O3S+. The topological polar surface area (TPSA) is 94.2 Å². The van der Waals surface area contributed by atoms with E-state index in [0.29, 0.717) is 23.3 Å². The molecule has 0 aromatic heterocycles. The normalized spacial score (nSPS) is 20.6. The maximum absolute atomic E-state index is 12.7. The summed E-state index contributed by atoms with van der Waals surface area (Å²) >= 11 is 1.21. The van der Waals surface area contributed by atoms with E-state index in [1.807, 2.05) is 20.8 Å². The van der Waals surface area contributed by atoms with Crippen molar-refractivity contribution in [3.8, 4) is 0 Å². The number of thioether (sulfide) groups is 1. The highest BCUT2D eigenvalue weighted by molar-refractivity contribution is 8.14. The highest BCUT2D eigenvalue weighted by atomic mass is 32.2. The molecule has 4 amide bonds. The molecule has 0 bridgehead atoms. The summed E-state index contributed by atoms with van der Waals surface area (Å²) in [6, 6.07) is -0.373. The van der Waals surface area contributed by atoms with Gasteiger partial charge in [0.1, 0.15) is 5.04 Å². The molecule has 0 radical (unpaired) electrons. The van der Waals surface area contributed by atoms with Crippen LogP contribution in [0.3, 0.4) is 0 Å². The largest absolute Gasteiger partial charge is 0.445 e. The molecule has 0 saturated heterocycles. The van der Waals surface area contributed by atoms with Crippen molar-refractivity contribution in [1.29, 1.82) is 0 Å². The van der Waals surface area contributed by atoms with Gasteiger partial charge in [-0.25, -0.2) is 9.79 Å². The number of aliphatic imine (C=N–C) groups is 2. The third-order valence-corrected chi connectivity index (χ3v) is 4.95. The number of nitrogens with one attached hydrogen (secondary N) is 1. The Morgan fingerprint density at radius 3 is 2.60 bits per heavy atom. The van der Waals surface area contributed by atoms with Crippen LogP contribution in [0.25, 0.3) is 0 Å². The zero-order chi connectivity index (χ0) is 18.7. The van der Waals surface area contributed by atoms with E-state index in [9.17, 15) is 14.4 Å². The standard InChI is InChI=1S/C16H23N5O3S/c1-6-7-21-13-11(15(23)20(5)16(21)24)14(25-8-10(22)17-4)19-12(18-13)9(2)3/h9,11H,6-8H2,1-5H3/p+1. The first-order chi connectivity index (χ1) is 11.8. The molecule has 0 saturated carbocycles. The van der Waals surface area contributed by atoms with E-state index in [2.05, 4.69) is 15.3 Å². The third-order valence-electron chi connectivity index (χ3n) is 3.92. The molecule has 0 aromatic rings. The molecule has 0 aromatic carbocycles. The van der Waals surface area contributed by atoms with Gasteiger partial charge in [0.2, 0.25) is 11.7 Å². The number of amides is 4. The van der Waals surface area contributed by atoms with Crippen LogP contribution < -0.4 is 5.32 Å². The van der Waals surface area contributed by atoms with Gasteiger partial charge in [0.05, 0.1) is 19.3 Å². The lowest BCUT2D eigenvalue weighted by Gasteiger charge is -2.28. The van der Waals surface area contributed by atoms with E-state index in [0.717, 1.165) is 11.3 Å². The number of hydrogen-bond acceptors (Lipinski definition) is 6. The highest BCUT2D eigenvalue weighted by Crippen LogP contribution is 2.26. The predicted molar refractivity (Wildman–Crippen MR) is 98.3 cm³/mol. The summed E-state index contributed by atoms with van der Waals surface area (Å²) in [5, 5.41) is 3.07. The van der Waals surface area contributed by atoms with E-state index >= 15 is 0 Å². The maximum Gasteiger partial charge on any atom is 0.445 e. The molecule has 9 heteroatoms. The number of rotatable bonds is 5. The number of carbonyl (C=O) groups is 3. The van der Waals surface area contributed by atoms with Gasteiger partial charge in [0, 0.05) is 13.0 Å². The van der Waals surface area contributed by atoms with Gasteiger partial charge in [-0.15, -0.1) is 0 Å². The number of amidine groups is 2. The van der Waals surface area contributed by atoms with Crippen molar-refractivity contribution < 1.29 is 19.0 Å². The van der Waals surface area contributed by atoms with Gasteiger partial charge in [-0.1, -0.05) is 37.5 Å². The number of imide groups is 1. The van der Waals surface area contributed by atoms with Crippen LogP contribution >= 0.6 is 11.8 Å². The fourth-order valence-electron chi connectivity index (χ4n) is 2.51. The van der Waals surface area contributed by atoms with E-state index in [4.69, 9.17) is 0 Å². The Kier molecular flexibility index (Phi) is 6.10. The van der Waals surface area contributed by atoms with E-state index < -0.39 is 5.92 Å². The van der Waals surface area contributed by atoms with E-state index in [-0.39, 0.29) is 29.5 Å². The van der Waals surface area contributed by atoms with Crippen molar-refractivity contribution in [2.45, 2.75) is 27.2 Å². The summed E-state index contributed by atoms with van der Waals surface area (Å²) in [5.41, 5.74) is 0. The Morgan fingerprint density at radius 2 is 2.04 bits per heavy atom. The molecule has 2 rings (SSSR count). The molecule has 8 nitrogen and oxygen atoms in total. The van der Waals surface area contributed by atoms with Crippen molar-refractivity contribution in [1.82, 2.24) is 10.2 Å². The molecule has 0 fully saturated rings. The average Bonchev–Trinajstić information content (AvgIpc) is 2.60. The fourth-order valence-corrected chi connectivity index (χ4v) is 3.47.